The van der Waals surface area contributed by atoms with Crippen molar-refractivity contribution >= 4 is 5.97 Å². The molecule has 122 valence electrons. The fourth-order valence-corrected chi connectivity index (χ4v) is 4.40. The first-order valence-electron chi connectivity index (χ1n) is 8.09. The van der Waals surface area contributed by atoms with Gasteiger partial charge in [0.1, 0.15) is 5.60 Å². The maximum absolute atomic E-state index is 11.8. The van der Waals surface area contributed by atoms with E-state index < -0.39 is 5.60 Å². The van der Waals surface area contributed by atoms with Gasteiger partial charge in [0.2, 0.25) is 0 Å². The molecule has 1 aliphatic carbocycles. The van der Waals surface area contributed by atoms with Crippen LogP contribution in [0.3, 0.4) is 0 Å². The molecule has 0 amide bonds. The van der Waals surface area contributed by atoms with Gasteiger partial charge in [-0.25, -0.2) is 0 Å². The van der Waals surface area contributed by atoms with Crippen LogP contribution in [0.1, 0.15) is 44.6 Å². The number of fused-ring (bicyclic) bond motifs is 1. The van der Waals surface area contributed by atoms with Crippen LogP contribution in [0.15, 0.2) is 30.3 Å². The summed E-state index contributed by atoms with van der Waals surface area (Å²) in [7, 11) is 2.21. The van der Waals surface area contributed by atoms with Crippen molar-refractivity contribution < 1.29 is 21.9 Å². The standard InChI is InChI=1S/C18H25NO2.ClH/c1-14(20)21-18(15-8-4-3-5-9-15)12-13-19(2)17-11-7-6-10-16(17)18;/h3-5,8-9,16-17H,6-7,10-13H2,1-2H3;1H/p-1/t16-,17-,18-;/m0./s1. The van der Waals surface area contributed by atoms with Gasteiger partial charge < -0.3 is 22.0 Å². The van der Waals surface area contributed by atoms with Crippen molar-refractivity contribution in [3.8, 4) is 0 Å². The van der Waals surface area contributed by atoms with Crippen LogP contribution >= 0.6 is 0 Å². The molecule has 1 aromatic carbocycles. The first-order chi connectivity index (χ1) is 10.1. The van der Waals surface area contributed by atoms with Crippen molar-refractivity contribution in [2.75, 3.05) is 13.6 Å². The van der Waals surface area contributed by atoms with Crippen LogP contribution in [-0.4, -0.2) is 30.5 Å². The van der Waals surface area contributed by atoms with Gasteiger partial charge in [0.15, 0.2) is 0 Å². The number of hydrogen-bond acceptors (Lipinski definition) is 3. The Morgan fingerprint density at radius 2 is 1.91 bits per heavy atom. The smallest absolute Gasteiger partial charge is 0.303 e. The topological polar surface area (TPSA) is 29.5 Å². The highest BCUT2D eigenvalue weighted by molar-refractivity contribution is 5.67. The number of likely N-dealkylation sites (tertiary alicyclic amines) is 1. The van der Waals surface area contributed by atoms with Gasteiger partial charge in [-0.2, -0.15) is 0 Å². The molecule has 1 saturated carbocycles. The lowest BCUT2D eigenvalue weighted by molar-refractivity contribution is -0.182. The average molecular weight is 323 g/mol. The lowest BCUT2D eigenvalue weighted by atomic mass is 9.66. The molecular formula is C18H25ClNO2-. The third-order valence-electron chi connectivity index (χ3n) is 5.32. The molecule has 0 bridgehead atoms. The minimum Gasteiger partial charge on any atom is -1.00 e. The highest BCUT2D eigenvalue weighted by Crippen LogP contribution is 2.48. The normalized spacial score (nSPS) is 31.7. The summed E-state index contributed by atoms with van der Waals surface area (Å²) in [5, 5.41) is 0. The Balaban J connectivity index is 0.00000176. The van der Waals surface area contributed by atoms with Crippen molar-refractivity contribution in [3.05, 3.63) is 35.9 Å². The highest BCUT2D eigenvalue weighted by atomic mass is 35.5. The summed E-state index contributed by atoms with van der Waals surface area (Å²) in [4.78, 5) is 14.3. The zero-order valence-electron chi connectivity index (χ0n) is 13.4. The number of rotatable bonds is 2. The van der Waals surface area contributed by atoms with Crippen molar-refractivity contribution in [2.24, 2.45) is 5.92 Å². The van der Waals surface area contributed by atoms with E-state index in [0.717, 1.165) is 19.4 Å². The number of esters is 1. The van der Waals surface area contributed by atoms with E-state index >= 15 is 0 Å². The van der Waals surface area contributed by atoms with E-state index in [4.69, 9.17) is 4.74 Å². The fraction of sp³-hybridized carbons (Fsp3) is 0.611. The molecule has 3 rings (SSSR count). The van der Waals surface area contributed by atoms with E-state index in [-0.39, 0.29) is 18.4 Å². The van der Waals surface area contributed by atoms with Crippen LogP contribution in [0.4, 0.5) is 0 Å². The molecule has 22 heavy (non-hydrogen) atoms. The third kappa shape index (κ3) is 3.02. The summed E-state index contributed by atoms with van der Waals surface area (Å²) >= 11 is 0. The number of carbonyl (C=O) groups is 1. The van der Waals surface area contributed by atoms with Gasteiger partial charge in [-0.15, -0.1) is 0 Å². The van der Waals surface area contributed by atoms with Crippen LogP contribution < -0.4 is 12.4 Å². The van der Waals surface area contributed by atoms with Crippen LogP contribution in [0.2, 0.25) is 0 Å². The number of ether oxygens (including phenoxy) is 1. The van der Waals surface area contributed by atoms with Gasteiger partial charge in [0.25, 0.3) is 0 Å². The second kappa shape index (κ2) is 7.01. The van der Waals surface area contributed by atoms with E-state index in [1.807, 2.05) is 6.07 Å². The number of halogens is 1. The van der Waals surface area contributed by atoms with Crippen LogP contribution in [-0.2, 0) is 15.1 Å². The number of nitrogens with zero attached hydrogens (tertiary/aromatic N) is 1. The second-order valence-electron chi connectivity index (χ2n) is 6.54. The molecule has 0 radical (unpaired) electrons. The molecule has 4 heteroatoms. The predicted octanol–water partition coefficient (Wildman–Crippen LogP) is 0.343. The van der Waals surface area contributed by atoms with Crippen molar-refractivity contribution in [1.82, 2.24) is 4.90 Å². The Morgan fingerprint density at radius 1 is 1.23 bits per heavy atom. The third-order valence-corrected chi connectivity index (χ3v) is 5.32. The molecule has 2 aliphatic rings. The van der Waals surface area contributed by atoms with Crippen LogP contribution in [0.25, 0.3) is 0 Å². The van der Waals surface area contributed by atoms with Gasteiger partial charge in [-0.1, -0.05) is 43.2 Å². The molecule has 0 spiro atoms. The molecule has 1 aliphatic heterocycles. The van der Waals surface area contributed by atoms with Crippen molar-refractivity contribution in [2.45, 2.75) is 50.7 Å². The predicted molar refractivity (Wildman–Crippen MR) is 82.9 cm³/mol. The molecule has 0 aromatic heterocycles. The monoisotopic (exact) mass is 322 g/mol. The number of hydrogen-bond donors (Lipinski definition) is 0. The maximum Gasteiger partial charge on any atom is 0.303 e. The minimum absolute atomic E-state index is 0. The lowest BCUT2D eigenvalue weighted by Crippen LogP contribution is -3.00. The molecule has 0 N–H and O–H groups in total. The zero-order chi connectivity index (χ0) is 14.9. The maximum atomic E-state index is 11.8. The molecule has 2 fully saturated rings. The zero-order valence-corrected chi connectivity index (χ0v) is 14.2. The number of carbonyl (C=O) groups excluding carboxylic acids is 1. The Kier molecular flexibility index (Phi) is 5.51. The van der Waals surface area contributed by atoms with E-state index in [1.54, 1.807) is 6.92 Å². The summed E-state index contributed by atoms with van der Waals surface area (Å²) in [5.74, 6) is 0.254. The van der Waals surface area contributed by atoms with Crippen molar-refractivity contribution in [3.63, 3.8) is 0 Å². The SMILES string of the molecule is CC(=O)O[C@]1(c2ccccc2)CCN(C)[C@H]2CCCC[C@@H]21.[Cl-]. The highest BCUT2D eigenvalue weighted by Gasteiger charge is 2.51. The summed E-state index contributed by atoms with van der Waals surface area (Å²) in [6.07, 6.45) is 5.80. The van der Waals surface area contributed by atoms with Crippen LogP contribution in [0, 0.1) is 5.92 Å². The fourth-order valence-electron chi connectivity index (χ4n) is 4.40. The first kappa shape index (κ1) is 17.3. The Bertz CT molecular complexity index is 507. The van der Waals surface area contributed by atoms with Gasteiger partial charge in [0.05, 0.1) is 0 Å². The van der Waals surface area contributed by atoms with E-state index in [1.165, 1.54) is 24.8 Å². The van der Waals surface area contributed by atoms with Crippen LogP contribution in [0.5, 0.6) is 0 Å². The average Bonchev–Trinajstić information content (AvgIpc) is 2.51. The molecule has 1 heterocycles. The van der Waals surface area contributed by atoms with Gasteiger partial charge in [0, 0.05) is 31.8 Å². The Morgan fingerprint density at radius 3 is 2.59 bits per heavy atom. The van der Waals surface area contributed by atoms with E-state index in [0.29, 0.717) is 12.0 Å². The lowest BCUT2D eigenvalue weighted by Gasteiger charge is -2.53. The molecule has 3 nitrogen and oxygen atoms in total. The number of benzene rings is 1. The van der Waals surface area contributed by atoms with Crippen molar-refractivity contribution in [1.29, 1.82) is 0 Å². The summed E-state index contributed by atoms with van der Waals surface area (Å²) in [6.45, 7) is 2.53. The number of piperidine rings is 1. The quantitative estimate of drug-likeness (QED) is 0.736. The second-order valence-corrected chi connectivity index (χ2v) is 6.54. The molecule has 1 saturated heterocycles. The Labute approximate surface area is 139 Å². The van der Waals surface area contributed by atoms with E-state index in [2.05, 4.69) is 36.2 Å². The van der Waals surface area contributed by atoms with Gasteiger partial charge >= 0.3 is 5.97 Å². The van der Waals surface area contributed by atoms with Gasteiger partial charge in [-0.05, 0) is 25.5 Å². The van der Waals surface area contributed by atoms with Gasteiger partial charge in [-0.3, -0.25) is 4.79 Å². The minimum atomic E-state index is -0.426. The largest absolute Gasteiger partial charge is 1.00 e. The molecule has 3 atom stereocenters. The molecular weight excluding hydrogens is 298 g/mol. The van der Waals surface area contributed by atoms with E-state index in [9.17, 15) is 4.79 Å². The summed E-state index contributed by atoms with van der Waals surface area (Å²) in [5.41, 5.74) is 0.746. The summed E-state index contributed by atoms with van der Waals surface area (Å²) in [6, 6.07) is 10.9. The summed E-state index contributed by atoms with van der Waals surface area (Å²) < 4.78 is 6.02. The molecule has 1 aromatic rings. The first-order valence-corrected chi connectivity index (χ1v) is 8.09. The molecule has 0 unspecified atom stereocenters. The Hall–Kier alpha value is -1.06.